The van der Waals surface area contributed by atoms with Gasteiger partial charge in [-0.1, -0.05) is 60.6 Å². The number of nitrogens with zero attached hydrogens (tertiary/aromatic N) is 1. The summed E-state index contributed by atoms with van der Waals surface area (Å²) in [7, 11) is 0. The van der Waals surface area contributed by atoms with Gasteiger partial charge in [0.05, 0.1) is 12.8 Å². The Morgan fingerprint density at radius 3 is 2.15 bits per heavy atom. The number of amides is 1. The third kappa shape index (κ3) is 6.82. The lowest BCUT2D eigenvalue weighted by atomic mass is 9.32. The van der Waals surface area contributed by atoms with Crippen LogP contribution >= 0.6 is 0 Å². The summed E-state index contributed by atoms with van der Waals surface area (Å²) in [5.41, 5.74) is 1.86. The summed E-state index contributed by atoms with van der Waals surface area (Å²) in [6, 6.07) is 0.334. The van der Waals surface area contributed by atoms with E-state index < -0.39 is 11.4 Å². The number of allylic oxidation sites excluding steroid dienone is 1. The molecule has 6 aliphatic rings. The molecule has 5 aliphatic carbocycles. The van der Waals surface area contributed by atoms with Crippen LogP contribution in [-0.4, -0.2) is 59.6 Å². The van der Waals surface area contributed by atoms with Gasteiger partial charge in [0.25, 0.3) is 0 Å². The highest BCUT2D eigenvalue weighted by molar-refractivity contribution is 5.73. The average molecular weight is 723 g/mol. The van der Waals surface area contributed by atoms with Crippen LogP contribution in [-0.2, 0) is 19.1 Å². The Morgan fingerprint density at radius 1 is 0.827 bits per heavy atom. The highest BCUT2D eigenvalue weighted by atomic mass is 16.5. The first kappa shape index (κ1) is 39.8. The van der Waals surface area contributed by atoms with E-state index in [-0.39, 0.29) is 47.1 Å². The summed E-state index contributed by atoms with van der Waals surface area (Å²) < 4.78 is 6.30. The van der Waals surface area contributed by atoms with Crippen molar-refractivity contribution < 1.29 is 24.2 Å². The predicted molar refractivity (Wildman–Crippen MR) is 207 cm³/mol. The maximum atomic E-state index is 13.3. The molecule has 7 nitrogen and oxygen atoms in total. The molecule has 0 aromatic carbocycles. The molecule has 1 aliphatic heterocycles. The predicted octanol–water partition coefficient (Wildman–Crippen LogP) is 9.44. The van der Waals surface area contributed by atoms with Crippen LogP contribution in [0.15, 0.2) is 12.2 Å². The van der Waals surface area contributed by atoms with Crippen LogP contribution in [0.2, 0.25) is 0 Å². The molecule has 1 amide bonds. The van der Waals surface area contributed by atoms with Crippen molar-refractivity contribution >= 4 is 17.8 Å². The molecule has 52 heavy (non-hydrogen) atoms. The minimum absolute atomic E-state index is 0.0358. The molecule has 0 unspecified atom stereocenters. The summed E-state index contributed by atoms with van der Waals surface area (Å²) in [5.74, 6) is 2.22. The zero-order chi connectivity index (χ0) is 38.1. The fraction of sp³-hybridized carbons (Fsp3) is 0.889. The maximum absolute atomic E-state index is 13.3. The number of nitrogens with one attached hydrogen (secondary N) is 1. The number of aliphatic carboxylic acids is 1. The number of hydrogen-bond acceptors (Lipinski definition) is 5. The SMILES string of the molecule is C=C(C)[C@@H]1CC[C@]2(CCN3CCC(NC(C)=O)CC3)CC[C@]3(C)[C@H](CC[C@@H]4[C@@]5(C)CC[C@H](OC(=O)CC(C)(C)CC(=O)O)C(C)(C)[C@@H]5CC[C@]43C)[C@@H]12. The van der Waals surface area contributed by atoms with Gasteiger partial charge in [-0.05, 0) is 154 Å². The van der Waals surface area contributed by atoms with Crippen molar-refractivity contribution in [2.24, 2.45) is 62.1 Å². The van der Waals surface area contributed by atoms with Gasteiger partial charge >= 0.3 is 11.9 Å². The van der Waals surface area contributed by atoms with E-state index in [9.17, 15) is 19.5 Å². The topological polar surface area (TPSA) is 95.9 Å². The third-order valence-corrected chi connectivity index (χ3v) is 17.6. The molecule has 6 rings (SSSR count). The monoisotopic (exact) mass is 723 g/mol. The van der Waals surface area contributed by atoms with Crippen LogP contribution in [0.5, 0.6) is 0 Å². The number of ether oxygens (including phenoxy) is 1. The Labute approximate surface area is 316 Å². The normalized spacial score (nSPS) is 41.9. The first-order valence-corrected chi connectivity index (χ1v) is 21.2. The summed E-state index contributed by atoms with van der Waals surface area (Å²) >= 11 is 0. The molecule has 0 bridgehead atoms. The van der Waals surface area contributed by atoms with Gasteiger partial charge in [0.1, 0.15) is 6.10 Å². The van der Waals surface area contributed by atoms with Gasteiger partial charge in [-0.2, -0.15) is 0 Å². The molecule has 1 saturated heterocycles. The molecule has 10 atom stereocenters. The molecule has 294 valence electrons. The van der Waals surface area contributed by atoms with Crippen molar-refractivity contribution in [3.63, 3.8) is 0 Å². The number of carboxylic acids is 1. The number of piperidine rings is 1. The van der Waals surface area contributed by atoms with Gasteiger partial charge in [0.2, 0.25) is 5.91 Å². The van der Waals surface area contributed by atoms with E-state index in [0.717, 1.165) is 50.6 Å². The van der Waals surface area contributed by atoms with Crippen LogP contribution in [0.4, 0.5) is 0 Å². The summed E-state index contributed by atoms with van der Waals surface area (Å²) in [5, 5.41) is 12.5. The Morgan fingerprint density at radius 2 is 1.52 bits per heavy atom. The lowest BCUT2D eigenvalue weighted by molar-refractivity contribution is -0.250. The van der Waals surface area contributed by atoms with Crippen LogP contribution in [0, 0.1) is 62.1 Å². The lowest BCUT2D eigenvalue weighted by Crippen LogP contribution is -2.66. The maximum Gasteiger partial charge on any atom is 0.306 e. The highest BCUT2D eigenvalue weighted by Gasteiger charge is 2.71. The smallest absolute Gasteiger partial charge is 0.306 e. The molecule has 0 aromatic heterocycles. The van der Waals surface area contributed by atoms with E-state index in [1.165, 1.54) is 69.9 Å². The van der Waals surface area contributed by atoms with Crippen LogP contribution in [0.1, 0.15) is 159 Å². The summed E-state index contributed by atoms with van der Waals surface area (Å²) in [4.78, 5) is 39.0. The molecule has 5 saturated carbocycles. The van der Waals surface area contributed by atoms with Crippen molar-refractivity contribution in [3.05, 3.63) is 12.2 Å². The minimum atomic E-state index is -0.872. The quantitative estimate of drug-likeness (QED) is 0.172. The molecule has 0 radical (unpaired) electrons. The first-order chi connectivity index (χ1) is 24.2. The van der Waals surface area contributed by atoms with Gasteiger partial charge in [0.15, 0.2) is 0 Å². The number of carboxylic acid groups (broad SMARTS) is 1. The van der Waals surface area contributed by atoms with Gasteiger partial charge in [0, 0.05) is 31.5 Å². The molecule has 0 spiro atoms. The second-order valence-electron chi connectivity index (χ2n) is 21.4. The van der Waals surface area contributed by atoms with E-state index in [1.54, 1.807) is 6.92 Å². The molecule has 6 fully saturated rings. The molecule has 0 aromatic rings. The zero-order valence-corrected chi connectivity index (χ0v) is 34.5. The number of likely N-dealkylation sites (tertiary alicyclic amines) is 1. The summed E-state index contributed by atoms with van der Waals surface area (Å²) in [6.45, 7) is 28.5. The van der Waals surface area contributed by atoms with Gasteiger partial charge in [-0.25, -0.2) is 0 Å². The summed E-state index contributed by atoms with van der Waals surface area (Å²) in [6.07, 6.45) is 15.8. The third-order valence-electron chi connectivity index (χ3n) is 17.6. The number of carbonyl (C=O) groups is 3. The lowest BCUT2D eigenvalue weighted by Gasteiger charge is -2.73. The van der Waals surface area contributed by atoms with Gasteiger partial charge < -0.3 is 20.1 Å². The van der Waals surface area contributed by atoms with Crippen molar-refractivity contribution in [1.82, 2.24) is 10.2 Å². The standard InChI is InChI=1S/C45H74N2O5/c1-29(2)32-13-20-45(23-26-47-24-16-31(17-25-47)46-30(3)48)22-21-43(9)33(39(32)45)11-12-35-42(8)18-15-36(41(6,7)34(42)14-19-44(35,43)10)52-38(51)28-40(4,5)27-37(49)50/h31-36,39H,1,11-28H2,2-10H3,(H,46,48)(H,49,50)/t32-,33+,34-,35+,36-,39+,42-,43+,44+,45+/m0/s1. The van der Waals surface area contributed by atoms with E-state index >= 15 is 0 Å². The number of carbonyl (C=O) groups excluding carboxylic acids is 2. The van der Waals surface area contributed by atoms with Gasteiger partial charge in [-0.15, -0.1) is 0 Å². The average Bonchev–Trinajstić information content (AvgIpc) is 3.41. The van der Waals surface area contributed by atoms with E-state index in [2.05, 4.69) is 58.3 Å². The largest absolute Gasteiger partial charge is 0.481 e. The number of esters is 1. The Bertz CT molecular complexity index is 1400. The molecule has 7 heteroatoms. The number of hydrogen-bond donors (Lipinski definition) is 2. The Hall–Kier alpha value is -1.89. The zero-order valence-electron chi connectivity index (χ0n) is 34.5. The van der Waals surface area contributed by atoms with Crippen molar-refractivity contribution in [2.75, 3.05) is 19.6 Å². The Kier molecular flexibility index (Phi) is 10.7. The highest BCUT2D eigenvalue weighted by Crippen LogP contribution is 2.78. The van der Waals surface area contributed by atoms with Crippen molar-refractivity contribution in [1.29, 1.82) is 0 Å². The minimum Gasteiger partial charge on any atom is -0.481 e. The first-order valence-electron chi connectivity index (χ1n) is 21.2. The number of rotatable bonds is 10. The van der Waals surface area contributed by atoms with Crippen molar-refractivity contribution in [3.8, 4) is 0 Å². The van der Waals surface area contributed by atoms with Crippen molar-refractivity contribution in [2.45, 2.75) is 171 Å². The molecular formula is C45H74N2O5. The van der Waals surface area contributed by atoms with Crippen LogP contribution in [0.25, 0.3) is 0 Å². The van der Waals surface area contributed by atoms with Crippen LogP contribution < -0.4 is 5.32 Å². The molecular weight excluding hydrogens is 649 g/mol. The van der Waals surface area contributed by atoms with E-state index in [0.29, 0.717) is 34.6 Å². The second kappa shape index (κ2) is 14.0. The molecule has 1 heterocycles. The number of fused-ring (bicyclic) bond motifs is 7. The Balaban J connectivity index is 1.18. The van der Waals surface area contributed by atoms with Crippen LogP contribution in [0.3, 0.4) is 0 Å². The van der Waals surface area contributed by atoms with E-state index in [1.807, 2.05) is 13.8 Å². The van der Waals surface area contributed by atoms with Gasteiger partial charge in [-0.3, -0.25) is 14.4 Å². The fourth-order valence-electron chi connectivity index (χ4n) is 14.9. The van der Waals surface area contributed by atoms with E-state index in [4.69, 9.17) is 4.74 Å². The fourth-order valence-corrected chi connectivity index (χ4v) is 14.9. The molecule has 2 N–H and O–H groups in total. The second-order valence-corrected chi connectivity index (χ2v) is 21.4.